The Balaban J connectivity index is 4.60. The van der Waals surface area contributed by atoms with Crippen LogP contribution in [-0.4, -0.2) is 32.4 Å². The van der Waals surface area contributed by atoms with Crippen LogP contribution in [0.2, 0.25) is 6.04 Å². The lowest BCUT2D eigenvalue weighted by molar-refractivity contribution is 0.0561. The van der Waals surface area contributed by atoms with E-state index in [9.17, 15) is 0 Å². The number of alkyl halides is 2. The largest absolute Gasteiger partial charge is 0.501 e. The van der Waals surface area contributed by atoms with Crippen LogP contribution >= 0.6 is 31.9 Å². The Kier molecular flexibility index (Phi) is 15.4. The lowest BCUT2D eigenvalue weighted by atomic mass is 10.4. The van der Waals surface area contributed by atoms with Gasteiger partial charge in [-0.25, -0.2) is 0 Å². The Labute approximate surface area is 149 Å². The molecule has 21 heavy (non-hydrogen) atoms. The van der Waals surface area contributed by atoms with Gasteiger partial charge in [-0.1, -0.05) is 71.9 Å². The van der Waals surface area contributed by atoms with E-state index in [1.165, 1.54) is 0 Å². The van der Waals surface area contributed by atoms with Crippen molar-refractivity contribution < 1.29 is 13.3 Å². The molecule has 0 spiro atoms. The summed E-state index contributed by atoms with van der Waals surface area (Å²) >= 11 is 7.09. The van der Waals surface area contributed by atoms with Gasteiger partial charge in [-0.3, -0.25) is 0 Å². The summed E-state index contributed by atoms with van der Waals surface area (Å²) < 4.78 is 18.8. The molecule has 6 heteroatoms. The van der Waals surface area contributed by atoms with Crippen LogP contribution in [-0.2, 0) is 13.3 Å². The molecular formula is C15H32Br2O3Si. The molecular weight excluding hydrogens is 416 g/mol. The van der Waals surface area contributed by atoms with E-state index < -0.39 is 8.80 Å². The topological polar surface area (TPSA) is 27.7 Å². The van der Waals surface area contributed by atoms with Gasteiger partial charge in [0.05, 0.1) is 3.74 Å². The third-order valence-corrected chi connectivity index (χ3v) is 6.88. The second kappa shape index (κ2) is 14.6. The van der Waals surface area contributed by atoms with Crippen LogP contribution in [0.3, 0.4) is 0 Å². The normalized spacial score (nSPS) is 12.3. The Morgan fingerprint density at radius 1 is 0.762 bits per heavy atom. The third-order valence-electron chi connectivity index (χ3n) is 3.13. The molecule has 0 fully saturated rings. The Bertz CT molecular complexity index is 204. The van der Waals surface area contributed by atoms with Gasteiger partial charge in [0.2, 0.25) is 0 Å². The zero-order chi connectivity index (χ0) is 16.0. The smallest absolute Gasteiger partial charge is 0.373 e. The van der Waals surface area contributed by atoms with Gasteiger partial charge in [-0.2, -0.15) is 0 Å². The summed E-state index contributed by atoms with van der Waals surface area (Å²) in [5.74, 6) is 0. The first kappa shape index (κ1) is 22.1. The monoisotopic (exact) mass is 446 g/mol. The van der Waals surface area contributed by atoms with Crippen LogP contribution in [0.25, 0.3) is 0 Å². The Hall–Kier alpha value is 1.06. The molecule has 0 rings (SSSR count). The van der Waals surface area contributed by atoms with Crippen molar-refractivity contribution in [2.45, 2.75) is 75.5 Å². The van der Waals surface area contributed by atoms with E-state index in [1.54, 1.807) is 0 Å². The maximum absolute atomic E-state index is 6.17. The van der Waals surface area contributed by atoms with E-state index in [-0.39, 0.29) is 3.74 Å². The molecule has 0 aliphatic rings. The molecule has 0 radical (unpaired) electrons. The van der Waals surface area contributed by atoms with Gasteiger partial charge < -0.3 is 13.3 Å². The molecule has 0 aliphatic carbocycles. The molecule has 0 amide bonds. The average molecular weight is 448 g/mol. The van der Waals surface area contributed by atoms with Gasteiger partial charge >= 0.3 is 8.80 Å². The number of unbranched alkanes of at least 4 members (excludes halogenated alkanes) is 3. The molecule has 0 bridgehead atoms. The summed E-state index contributed by atoms with van der Waals surface area (Å²) in [6.45, 7) is 8.77. The van der Waals surface area contributed by atoms with E-state index in [4.69, 9.17) is 13.3 Å². The molecule has 0 heterocycles. The van der Waals surface area contributed by atoms with Crippen molar-refractivity contribution in [3.8, 4) is 0 Å². The van der Waals surface area contributed by atoms with Crippen molar-refractivity contribution >= 4 is 40.7 Å². The average Bonchev–Trinajstić information content (AvgIpc) is 2.46. The third kappa shape index (κ3) is 12.2. The minimum atomic E-state index is -2.53. The Morgan fingerprint density at radius 3 is 1.43 bits per heavy atom. The summed E-state index contributed by atoms with van der Waals surface area (Å²) in [6, 6.07) is 0.866. The van der Waals surface area contributed by atoms with Crippen LogP contribution < -0.4 is 0 Å². The molecule has 0 aromatic carbocycles. The molecule has 0 saturated heterocycles. The van der Waals surface area contributed by atoms with Gasteiger partial charge in [0.25, 0.3) is 0 Å². The van der Waals surface area contributed by atoms with Crippen molar-refractivity contribution in [1.82, 2.24) is 0 Å². The highest BCUT2D eigenvalue weighted by atomic mass is 79.9. The molecule has 128 valence electrons. The first-order valence-electron chi connectivity index (χ1n) is 8.30. The summed E-state index contributed by atoms with van der Waals surface area (Å²) in [5, 5.41) is 0. The lowest BCUT2D eigenvalue weighted by Gasteiger charge is -2.30. The number of hydrogen-bond acceptors (Lipinski definition) is 3. The molecule has 0 atom stereocenters. The van der Waals surface area contributed by atoms with Gasteiger partial charge in [-0.05, 0) is 25.7 Å². The fourth-order valence-corrected chi connectivity index (χ4v) is 5.74. The maximum atomic E-state index is 6.17. The van der Waals surface area contributed by atoms with Crippen molar-refractivity contribution in [3.05, 3.63) is 0 Å². The van der Waals surface area contributed by atoms with Gasteiger partial charge in [-0.15, -0.1) is 0 Å². The van der Waals surface area contributed by atoms with Crippen LogP contribution in [0.5, 0.6) is 0 Å². The van der Waals surface area contributed by atoms with E-state index >= 15 is 0 Å². The van der Waals surface area contributed by atoms with Gasteiger partial charge in [0, 0.05) is 25.9 Å². The second-order valence-electron chi connectivity index (χ2n) is 5.22. The number of halogens is 2. The summed E-state index contributed by atoms with van der Waals surface area (Å²) in [6.07, 6.45) is 7.55. The van der Waals surface area contributed by atoms with E-state index in [1.807, 2.05) is 0 Å². The first-order chi connectivity index (χ1) is 10.1. The molecule has 0 N–H and O–H groups in total. The molecule has 0 aromatic heterocycles. The Morgan fingerprint density at radius 2 is 1.14 bits per heavy atom. The highest BCUT2D eigenvalue weighted by Gasteiger charge is 2.41. The molecule has 0 saturated carbocycles. The van der Waals surface area contributed by atoms with Crippen LogP contribution in [0.4, 0.5) is 0 Å². The first-order valence-corrected chi connectivity index (χ1v) is 12.1. The van der Waals surface area contributed by atoms with E-state index in [2.05, 4.69) is 52.6 Å². The quantitative estimate of drug-likeness (QED) is 0.178. The molecule has 0 aliphatic heterocycles. The predicted molar refractivity (Wildman–Crippen MR) is 99.4 cm³/mol. The van der Waals surface area contributed by atoms with Crippen molar-refractivity contribution in [3.63, 3.8) is 0 Å². The molecule has 0 aromatic rings. The number of hydrogen-bond donors (Lipinski definition) is 0. The fourth-order valence-electron chi connectivity index (χ4n) is 1.74. The van der Waals surface area contributed by atoms with Crippen LogP contribution in [0.1, 0.15) is 65.7 Å². The van der Waals surface area contributed by atoms with Crippen molar-refractivity contribution in [2.24, 2.45) is 0 Å². The zero-order valence-corrected chi connectivity index (χ0v) is 18.0. The fraction of sp³-hybridized carbons (Fsp3) is 1.00. The van der Waals surface area contributed by atoms with Gasteiger partial charge in [0.1, 0.15) is 0 Å². The highest BCUT2D eigenvalue weighted by molar-refractivity contribution is 9.24. The van der Waals surface area contributed by atoms with Crippen LogP contribution in [0.15, 0.2) is 0 Å². The lowest BCUT2D eigenvalue weighted by Crippen LogP contribution is -2.47. The minimum absolute atomic E-state index is 0.288. The zero-order valence-electron chi connectivity index (χ0n) is 13.8. The maximum Gasteiger partial charge on any atom is 0.501 e. The second-order valence-corrected chi connectivity index (χ2v) is 11.4. The summed E-state index contributed by atoms with van der Waals surface area (Å²) in [5.41, 5.74) is 0. The predicted octanol–water partition coefficient (Wildman–Crippen LogP) is 5.88. The molecule has 0 unspecified atom stereocenters. The van der Waals surface area contributed by atoms with Crippen molar-refractivity contribution in [2.75, 3.05) is 19.8 Å². The molecule has 3 nitrogen and oxygen atoms in total. The number of rotatable bonds is 15. The van der Waals surface area contributed by atoms with E-state index in [0.717, 1.165) is 70.8 Å². The van der Waals surface area contributed by atoms with Crippen LogP contribution in [0, 0.1) is 0 Å². The SMILES string of the molecule is CCCCO[Si](CCC(Br)Br)(OCCCC)OCCCC. The summed E-state index contributed by atoms with van der Waals surface area (Å²) in [4.78, 5) is 0. The van der Waals surface area contributed by atoms with Crippen molar-refractivity contribution in [1.29, 1.82) is 0 Å². The van der Waals surface area contributed by atoms with E-state index in [0.29, 0.717) is 0 Å². The van der Waals surface area contributed by atoms with Gasteiger partial charge in [0.15, 0.2) is 0 Å². The summed E-state index contributed by atoms with van der Waals surface area (Å²) in [7, 11) is -2.53. The highest BCUT2D eigenvalue weighted by Crippen LogP contribution is 2.25. The minimum Gasteiger partial charge on any atom is -0.373 e. The standard InChI is InChI=1S/C15H32Br2O3Si/c1-4-7-11-18-21(14-10-15(16)17,19-12-8-5-2)20-13-9-6-3/h15H,4-14H2,1-3H3.